The molecule has 0 radical (unpaired) electrons. The van der Waals surface area contributed by atoms with Crippen molar-refractivity contribution in [1.82, 2.24) is 9.55 Å². The first-order valence-electron chi connectivity index (χ1n) is 3.71. The summed E-state index contributed by atoms with van der Waals surface area (Å²) in [6.07, 6.45) is 1.49. The van der Waals surface area contributed by atoms with Gasteiger partial charge in [-0.3, -0.25) is 9.78 Å². The first-order valence-corrected chi connectivity index (χ1v) is 3.71. The summed E-state index contributed by atoms with van der Waals surface area (Å²) in [4.78, 5) is 24.2. The van der Waals surface area contributed by atoms with Crippen LogP contribution in [-0.2, 0) is 13.1 Å². The maximum Gasteiger partial charge on any atom is 0.328 e. The largest absolute Gasteiger partial charge is 0.328 e. The lowest BCUT2D eigenvalue weighted by Gasteiger charge is -2.01. The predicted molar refractivity (Wildman–Crippen MR) is 44.9 cm³/mol. The molecule has 0 fully saturated rings. The highest BCUT2D eigenvalue weighted by Gasteiger charge is 2.00. The minimum absolute atomic E-state index is 0.148. The van der Waals surface area contributed by atoms with E-state index in [1.165, 1.54) is 10.8 Å². The molecular formula is C7H11N3O2. The molecule has 66 valence electrons. The van der Waals surface area contributed by atoms with Crippen molar-refractivity contribution in [3.05, 3.63) is 32.6 Å². The molecule has 0 aliphatic heterocycles. The van der Waals surface area contributed by atoms with Crippen LogP contribution in [0.3, 0.4) is 0 Å². The summed E-state index contributed by atoms with van der Waals surface area (Å²) in [6.45, 7) is 2.50. The van der Waals surface area contributed by atoms with Gasteiger partial charge in [-0.1, -0.05) is 0 Å². The fraction of sp³-hybridized carbons (Fsp3) is 0.429. The second-order valence-electron chi connectivity index (χ2n) is 2.40. The highest BCUT2D eigenvalue weighted by molar-refractivity contribution is 5.03. The highest BCUT2D eigenvalue weighted by Crippen LogP contribution is 1.84. The Morgan fingerprint density at radius 2 is 2.25 bits per heavy atom. The molecule has 0 aliphatic rings. The monoisotopic (exact) mass is 169 g/mol. The highest BCUT2D eigenvalue weighted by atomic mass is 16.2. The molecule has 1 aromatic rings. The van der Waals surface area contributed by atoms with Gasteiger partial charge in [-0.05, 0) is 6.92 Å². The Bertz CT molecular complexity index is 344. The summed E-state index contributed by atoms with van der Waals surface area (Å²) in [5.41, 5.74) is 4.93. The summed E-state index contributed by atoms with van der Waals surface area (Å²) in [7, 11) is 0. The number of nitrogens with zero attached hydrogens (tertiary/aromatic N) is 1. The summed E-state index contributed by atoms with van der Waals surface area (Å²) < 4.78 is 1.41. The van der Waals surface area contributed by atoms with E-state index in [1.807, 2.05) is 6.92 Å². The Labute approximate surface area is 68.8 Å². The summed E-state index contributed by atoms with van der Waals surface area (Å²) in [5, 5.41) is 0. The van der Waals surface area contributed by atoms with E-state index in [1.54, 1.807) is 0 Å². The van der Waals surface area contributed by atoms with Crippen molar-refractivity contribution in [3.63, 3.8) is 0 Å². The average molecular weight is 169 g/mol. The second-order valence-corrected chi connectivity index (χ2v) is 2.40. The van der Waals surface area contributed by atoms with E-state index >= 15 is 0 Å². The van der Waals surface area contributed by atoms with Crippen LogP contribution in [0.2, 0.25) is 0 Å². The fourth-order valence-corrected chi connectivity index (χ4v) is 0.935. The van der Waals surface area contributed by atoms with E-state index in [4.69, 9.17) is 5.73 Å². The molecule has 1 rings (SSSR count). The summed E-state index contributed by atoms with van der Waals surface area (Å²) >= 11 is 0. The molecule has 0 unspecified atom stereocenters. The molecule has 1 heterocycles. The number of nitrogens with one attached hydrogen (secondary N) is 1. The van der Waals surface area contributed by atoms with Gasteiger partial charge in [0.05, 0.1) is 0 Å². The van der Waals surface area contributed by atoms with Crippen LogP contribution in [-0.4, -0.2) is 9.55 Å². The number of rotatable bonds is 2. The molecule has 0 atom stereocenters. The molecule has 3 N–H and O–H groups in total. The third kappa shape index (κ3) is 1.45. The molecule has 0 saturated carbocycles. The standard InChI is InChI=1S/C7H11N3O2/c1-2-10-4-5(3-8)6(11)9-7(10)12/h4H,2-3,8H2,1H3,(H,9,11,12). The third-order valence-electron chi connectivity index (χ3n) is 1.65. The van der Waals surface area contributed by atoms with E-state index in [0.29, 0.717) is 12.1 Å². The Kier molecular flexibility index (Phi) is 2.44. The maximum absolute atomic E-state index is 11.0. The summed E-state index contributed by atoms with van der Waals surface area (Å²) in [5.74, 6) is 0. The van der Waals surface area contributed by atoms with Crippen molar-refractivity contribution in [3.8, 4) is 0 Å². The normalized spacial score (nSPS) is 10.2. The van der Waals surface area contributed by atoms with Crippen molar-refractivity contribution >= 4 is 0 Å². The van der Waals surface area contributed by atoms with Crippen molar-refractivity contribution in [2.24, 2.45) is 5.73 Å². The predicted octanol–water partition coefficient (Wildman–Crippen LogP) is -0.985. The molecule has 5 heteroatoms. The number of H-pyrrole nitrogens is 1. The average Bonchev–Trinajstić information content (AvgIpc) is 2.05. The van der Waals surface area contributed by atoms with E-state index in [9.17, 15) is 9.59 Å². The van der Waals surface area contributed by atoms with Gasteiger partial charge < -0.3 is 10.3 Å². The van der Waals surface area contributed by atoms with Crippen LogP contribution < -0.4 is 17.0 Å². The van der Waals surface area contributed by atoms with Crippen molar-refractivity contribution in [1.29, 1.82) is 0 Å². The quantitative estimate of drug-likeness (QED) is 0.596. The van der Waals surface area contributed by atoms with Gasteiger partial charge in [-0.15, -0.1) is 0 Å². The number of aromatic amines is 1. The van der Waals surface area contributed by atoms with Gasteiger partial charge in [0.15, 0.2) is 0 Å². The topological polar surface area (TPSA) is 80.9 Å². The van der Waals surface area contributed by atoms with Crippen LogP contribution in [0, 0.1) is 0 Å². The molecule has 0 aliphatic carbocycles. The minimum atomic E-state index is -0.396. The lowest BCUT2D eigenvalue weighted by molar-refractivity contribution is 0.681. The molecule has 0 saturated heterocycles. The first-order chi connectivity index (χ1) is 5.69. The molecule has 5 nitrogen and oxygen atoms in total. The molecule has 12 heavy (non-hydrogen) atoms. The van der Waals surface area contributed by atoms with Gasteiger partial charge >= 0.3 is 5.69 Å². The maximum atomic E-state index is 11.0. The lowest BCUT2D eigenvalue weighted by Crippen LogP contribution is -2.32. The molecule has 1 aromatic heterocycles. The molecule has 0 amide bonds. The van der Waals surface area contributed by atoms with Gasteiger partial charge in [0.25, 0.3) is 5.56 Å². The van der Waals surface area contributed by atoms with Crippen LogP contribution in [0.25, 0.3) is 0 Å². The zero-order valence-corrected chi connectivity index (χ0v) is 6.83. The Hall–Kier alpha value is -1.36. The van der Waals surface area contributed by atoms with Crippen LogP contribution in [0.5, 0.6) is 0 Å². The number of aryl methyl sites for hydroxylation is 1. The van der Waals surface area contributed by atoms with Crippen molar-refractivity contribution in [2.45, 2.75) is 20.0 Å². The fourth-order valence-electron chi connectivity index (χ4n) is 0.935. The minimum Gasteiger partial charge on any atom is -0.326 e. The second kappa shape index (κ2) is 3.36. The van der Waals surface area contributed by atoms with Gasteiger partial charge in [0.2, 0.25) is 0 Å². The number of nitrogens with two attached hydrogens (primary N) is 1. The van der Waals surface area contributed by atoms with Crippen LogP contribution in [0.15, 0.2) is 15.8 Å². The molecule has 0 bridgehead atoms. The van der Waals surface area contributed by atoms with Gasteiger partial charge in [-0.25, -0.2) is 4.79 Å². The molecule has 0 spiro atoms. The van der Waals surface area contributed by atoms with Crippen LogP contribution in [0.1, 0.15) is 12.5 Å². The van der Waals surface area contributed by atoms with Gasteiger partial charge in [0.1, 0.15) is 0 Å². The van der Waals surface area contributed by atoms with E-state index < -0.39 is 5.56 Å². The zero-order valence-electron chi connectivity index (χ0n) is 6.83. The third-order valence-corrected chi connectivity index (χ3v) is 1.65. The Morgan fingerprint density at radius 1 is 1.58 bits per heavy atom. The Morgan fingerprint density at radius 3 is 2.75 bits per heavy atom. The van der Waals surface area contributed by atoms with Gasteiger partial charge in [-0.2, -0.15) is 0 Å². The SMILES string of the molecule is CCn1cc(CN)c(=O)[nH]c1=O. The number of aromatic nitrogens is 2. The molecule has 0 aromatic carbocycles. The zero-order chi connectivity index (χ0) is 9.14. The lowest BCUT2D eigenvalue weighted by atomic mass is 10.3. The van der Waals surface area contributed by atoms with Gasteiger partial charge in [0, 0.05) is 24.8 Å². The van der Waals surface area contributed by atoms with E-state index in [0.717, 1.165) is 0 Å². The van der Waals surface area contributed by atoms with Crippen molar-refractivity contribution in [2.75, 3.05) is 0 Å². The molecular weight excluding hydrogens is 158 g/mol. The van der Waals surface area contributed by atoms with E-state index in [2.05, 4.69) is 4.98 Å². The van der Waals surface area contributed by atoms with Crippen LogP contribution in [0.4, 0.5) is 0 Å². The number of hydrogen-bond acceptors (Lipinski definition) is 3. The first kappa shape index (κ1) is 8.73. The number of hydrogen-bond donors (Lipinski definition) is 2. The Balaban J connectivity index is 3.38. The van der Waals surface area contributed by atoms with Crippen molar-refractivity contribution < 1.29 is 0 Å². The smallest absolute Gasteiger partial charge is 0.326 e. The van der Waals surface area contributed by atoms with Crippen LogP contribution >= 0.6 is 0 Å². The summed E-state index contributed by atoms with van der Waals surface area (Å²) in [6, 6.07) is 0. The van der Waals surface area contributed by atoms with E-state index in [-0.39, 0.29) is 12.2 Å².